The summed E-state index contributed by atoms with van der Waals surface area (Å²) in [5.74, 6) is 0.224. The highest BCUT2D eigenvalue weighted by Crippen LogP contribution is 2.26. The van der Waals surface area contributed by atoms with Crippen molar-refractivity contribution in [3.8, 4) is 5.75 Å². The second-order valence-corrected chi connectivity index (χ2v) is 4.14. The van der Waals surface area contributed by atoms with Gasteiger partial charge in [-0.1, -0.05) is 18.2 Å². The number of halogens is 2. The van der Waals surface area contributed by atoms with Gasteiger partial charge in [0.05, 0.1) is 0 Å². The van der Waals surface area contributed by atoms with Gasteiger partial charge in [-0.05, 0) is 32.9 Å². The van der Waals surface area contributed by atoms with Crippen LogP contribution in [0.25, 0.3) is 0 Å². The lowest BCUT2D eigenvalue weighted by molar-refractivity contribution is -0.0506. The molecule has 1 aromatic carbocycles. The maximum absolute atomic E-state index is 12.3. The van der Waals surface area contributed by atoms with Crippen LogP contribution in [-0.4, -0.2) is 26.4 Å². The minimum atomic E-state index is -2.80. The Morgan fingerprint density at radius 3 is 2.68 bits per heavy atom. The molecule has 0 spiro atoms. The summed E-state index contributed by atoms with van der Waals surface area (Å²) < 4.78 is 34.3. The fourth-order valence-electron chi connectivity index (χ4n) is 1.79. The van der Waals surface area contributed by atoms with E-state index in [1.165, 1.54) is 0 Å². The Labute approximate surface area is 112 Å². The van der Waals surface area contributed by atoms with Crippen LogP contribution in [0.2, 0.25) is 0 Å². The van der Waals surface area contributed by atoms with Crippen molar-refractivity contribution in [3.63, 3.8) is 0 Å². The average molecular weight is 273 g/mol. The number of rotatable bonds is 9. The SMILES string of the molecule is CCOCCCNC(C)c1ccccc1OC(F)F. The van der Waals surface area contributed by atoms with E-state index in [1.807, 2.05) is 19.9 Å². The van der Waals surface area contributed by atoms with E-state index in [4.69, 9.17) is 4.74 Å². The first kappa shape index (κ1) is 15.9. The third-order valence-electron chi connectivity index (χ3n) is 2.72. The van der Waals surface area contributed by atoms with Crippen LogP contribution in [0.4, 0.5) is 8.78 Å². The van der Waals surface area contributed by atoms with Gasteiger partial charge in [-0.25, -0.2) is 0 Å². The smallest absolute Gasteiger partial charge is 0.387 e. The summed E-state index contributed by atoms with van der Waals surface area (Å²) in [6, 6.07) is 6.80. The van der Waals surface area contributed by atoms with Crippen LogP contribution < -0.4 is 10.1 Å². The van der Waals surface area contributed by atoms with Gasteiger partial charge in [-0.15, -0.1) is 0 Å². The Kier molecular flexibility index (Phi) is 7.36. The van der Waals surface area contributed by atoms with Crippen molar-refractivity contribution in [2.45, 2.75) is 32.9 Å². The number of ether oxygens (including phenoxy) is 2. The number of benzene rings is 1. The Bertz CT molecular complexity index is 361. The highest BCUT2D eigenvalue weighted by molar-refractivity contribution is 5.35. The topological polar surface area (TPSA) is 30.5 Å². The monoisotopic (exact) mass is 273 g/mol. The largest absolute Gasteiger partial charge is 0.434 e. The van der Waals surface area contributed by atoms with Gasteiger partial charge in [-0.3, -0.25) is 0 Å². The molecule has 0 saturated carbocycles. The molecule has 0 aliphatic heterocycles. The molecule has 0 heterocycles. The van der Waals surface area contributed by atoms with Crippen LogP contribution in [-0.2, 0) is 4.74 Å². The highest BCUT2D eigenvalue weighted by Gasteiger charge is 2.13. The van der Waals surface area contributed by atoms with E-state index in [0.29, 0.717) is 13.2 Å². The maximum Gasteiger partial charge on any atom is 0.387 e. The average Bonchev–Trinajstić information content (AvgIpc) is 2.38. The molecule has 3 nitrogen and oxygen atoms in total. The van der Waals surface area contributed by atoms with Crippen molar-refractivity contribution >= 4 is 0 Å². The van der Waals surface area contributed by atoms with E-state index in [1.54, 1.807) is 18.2 Å². The zero-order valence-corrected chi connectivity index (χ0v) is 11.4. The van der Waals surface area contributed by atoms with E-state index >= 15 is 0 Å². The molecular formula is C14H21F2NO2. The number of hydrogen-bond acceptors (Lipinski definition) is 3. The molecule has 0 aromatic heterocycles. The van der Waals surface area contributed by atoms with Crippen molar-refractivity contribution in [2.24, 2.45) is 0 Å². The van der Waals surface area contributed by atoms with Gasteiger partial charge in [-0.2, -0.15) is 8.78 Å². The fraction of sp³-hybridized carbons (Fsp3) is 0.571. The fourth-order valence-corrected chi connectivity index (χ4v) is 1.79. The number of hydrogen-bond donors (Lipinski definition) is 1. The van der Waals surface area contributed by atoms with Crippen molar-refractivity contribution in [2.75, 3.05) is 19.8 Å². The predicted octanol–water partition coefficient (Wildman–Crippen LogP) is 3.37. The molecule has 0 aliphatic carbocycles. The number of nitrogens with one attached hydrogen (secondary N) is 1. The Balaban J connectivity index is 2.48. The van der Waals surface area contributed by atoms with Crippen molar-refractivity contribution in [1.82, 2.24) is 5.32 Å². The Morgan fingerprint density at radius 1 is 1.26 bits per heavy atom. The van der Waals surface area contributed by atoms with Gasteiger partial charge in [0.2, 0.25) is 0 Å². The third-order valence-corrected chi connectivity index (χ3v) is 2.72. The van der Waals surface area contributed by atoms with E-state index in [-0.39, 0.29) is 11.8 Å². The van der Waals surface area contributed by atoms with Gasteiger partial charge >= 0.3 is 6.61 Å². The van der Waals surface area contributed by atoms with Crippen molar-refractivity contribution < 1.29 is 18.3 Å². The zero-order chi connectivity index (χ0) is 14.1. The molecule has 19 heavy (non-hydrogen) atoms. The van der Waals surface area contributed by atoms with Crippen LogP contribution in [0.5, 0.6) is 5.75 Å². The highest BCUT2D eigenvalue weighted by atomic mass is 19.3. The summed E-state index contributed by atoms with van der Waals surface area (Å²) >= 11 is 0. The van der Waals surface area contributed by atoms with Gasteiger partial charge in [0, 0.05) is 24.8 Å². The van der Waals surface area contributed by atoms with Crippen LogP contribution in [0, 0.1) is 0 Å². The Morgan fingerprint density at radius 2 is 2.00 bits per heavy atom. The van der Waals surface area contributed by atoms with Crippen LogP contribution >= 0.6 is 0 Å². The van der Waals surface area contributed by atoms with Crippen molar-refractivity contribution in [3.05, 3.63) is 29.8 Å². The minimum absolute atomic E-state index is 0.0448. The molecule has 5 heteroatoms. The number of para-hydroxylation sites is 1. The summed E-state index contributed by atoms with van der Waals surface area (Å²) in [5.41, 5.74) is 0.735. The van der Waals surface area contributed by atoms with E-state index in [2.05, 4.69) is 10.1 Å². The second kappa shape index (κ2) is 8.82. The molecule has 0 fully saturated rings. The lowest BCUT2D eigenvalue weighted by Gasteiger charge is -2.18. The lowest BCUT2D eigenvalue weighted by atomic mass is 10.1. The molecule has 0 bridgehead atoms. The van der Waals surface area contributed by atoms with Crippen LogP contribution in [0.1, 0.15) is 31.9 Å². The minimum Gasteiger partial charge on any atom is -0.434 e. The molecule has 0 radical (unpaired) electrons. The molecule has 1 rings (SSSR count). The first-order valence-corrected chi connectivity index (χ1v) is 6.50. The normalized spacial score (nSPS) is 12.7. The predicted molar refractivity (Wildman–Crippen MR) is 70.6 cm³/mol. The van der Waals surface area contributed by atoms with E-state index in [9.17, 15) is 8.78 Å². The van der Waals surface area contributed by atoms with E-state index < -0.39 is 6.61 Å². The van der Waals surface area contributed by atoms with E-state index in [0.717, 1.165) is 18.5 Å². The summed E-state index contributed by atoms with van der Waals surface area (Å²) in [6.07, 6.45) is 0.885. The van der Waals surface area contributed by atoms with Gasteiger partial charge in [0.25, 0.3) is 0 Å². The molecule has 1 unspecified atom stereocenters. The summed E-state index contributed by atoms with van der Waals surface area (Å²) in [5, 5.41) is 3.27. The molecule has 1 N–H and O–H groups in total. The first-order chi connectivity index (χ1) is 9.15. The lowest BCUT2D eigenvalue weighted by Crippen LogP contribution is -2.22. The number of alkyl halides is 2. The second-order valence-electron chi connectivity index (χ2n) is 4.14. The summed E-state index contributed by atoms with van der Waals surface area (Å²) in [4.78, 5) is 0. The van der Waals surface area contributed by atoms with Crippen LogP contribution in [0.3, 0.4) is 0 Å². The van der Waals surface area contributed by atoms with Crippen LogP contribution in [0.15, 0.2) is 24.3 Å². The van der Waals surface area contributed by atoms with Gasteiger partial charge < -0.3 is 14.8 Å². The summed E-state index contributed by atoms with van der Waals surface area (Å²) in [7, 11) is 0. The molecule has 0 amide bonds. The molecule has 0 saturated heterocycles. The molecule has 1 aromatic rings. The van der Waals surface area contributed by atoms with Gasteiger partial charge in [0.15, 0.2) is 0 Å². The molecule has 108 valence electrons. The first-order valence-electron chi connectivity index (χ1n) is 6.50. The molecule has 1 atom stereocenters. The third kappa shape index (κ3) is 5.98. The molecular weight excluding hydrogens is 252 g/mol. The van der Waals surface area contributed by atoms with Gasteiger partial charge in [0.1, 0.15) is 5.75 Å². The summed E-state index contributed by atoms with van der Waals surface area (Å²) in [6.45, 7) is 3.25. The molecule has 0 aliphatic rings. The maximum atomic E-state index is 12.3. The Hall–Kier alpha value is -1.20. The van der Waals surface area contributed by atoms with Crippen molar-refractivity contribution in [1.29, 1.82) is 0 Å². The standard InChI is InChI=1S/C14H21F2NO2/c1-3-18-10-6-9-17-11(2)12-7-4-5-8-13(12)19-14(15)16/h4-5,7-8,11,14,17H,3,6,9-10H2,1-2H3. The quantitative estimate of drug-likeness (QED) is 0.700. The zero-order valence-electron chi connectivity index (χ0n) is 11.4.